The summed E-state index contributed by atoms with van der Waals surface area (Å²) in [4.78, 5) is 9.64. The highest BCUT2D eigenvalue weighted by Gasteiger charge is 2.05. The Balaban J connectivity index is 1.79. The molecule has 0 aliphatic rings. The van der Waals surface area contributed by atoms with Crippen molar-refractivity contribution in [1.29, 1.82) is 0 Å². The summed E-state index contributed by atoms with van der Waals surface area (Å²) in [5.74, 6) is 0. The number of nitrogens with zero attached hydrogens (tertiary/aromatic N) is 2. The van der Waals surface area contributed by atoms with Gasteiger partial charge in [0.2, 0.25) is 0 Å². The highest BCUT2D eigenvalue weighted by atomic mass is 15.1. The van der Waals surface area contributed by atoms with Crippen molar-refractivity contribution in [3.05, 3.63) is 53.9 Å². The molecule has 0 bridgehead atoms. The summed E-state index contributed by atoms with van der Waals surface area (Å²) in [5.41, 5.74) is 5.80. The zero-order valence-electron chi connectivity index (χ0n) is 12.6. The number of benzene rings is 1. The van der Waals surface area contributed by atoms with Crippen molar-refractivity contribution in [2.45, 2.75) is 13.5 Å². The average Bonchev–Trinajstić information content (AvgIpc) is 2.89. The quantitative estimate of drug-likeness (QED) is 0.768. The SMILES string of the molecule is Cc1cc(N(C)C)ccc1NCc1c[nH]c2ncccc12. The highest BCUT2D eigenvalue weighted by Crippen LogP contribution is 2.23. The molecular weight excluding hydrogens is 260 g/mol. The molecule has 2 aromatic heterocycles. The molecule has 4 nitrogen and oxygen atoms in total. The lowest BCUT2D eigenvalue weighted by Gasteiger charge is -2.16. The van der Waals surface area contributed by atoms with E-state index in [9.17, 15) is 0 Å². The summed E-state index contributed by atoms with van der Waals surface area (Å²) in [5, 5.41) is 4.68. The molecular formula is C17H20N4. The van der Waals surface area contributed by atoms with Gasteiger partial charge in [-0.1, -0.05) is 0 Å². The molecule has 2 heterocycles. The van der Waals surface area contributed by atoms with Crippen LogP contribution < -0.4 is 10.2 Å². The third kappa shape index (κ3) is 2.70. The topological polar surface area (TPSA) is 44.0 Å². The molecule has 0 spiro atoms. The summed E-state index contributed by atoms with van der Waals surface area (Å²) in [7, 11) is 4.11. The van der Waals surface area contributed by atoms with Crippen LogP contribution in [-0.2, 0) is 6.54 Å². The maximum Gasteiger partial charge on any atom is 0.137 e. The van der Waals surface area contributed by atoms with Gasteiger partial charge < -0.3 is 15.2 Å². The fraction of sp³-hybridized carbons (Fsp3) is 0.235. The molecule has 3 rings (SSSR count). The van der Waals surface area contributed by atoms with Crippen LogP contribution in [0.3, 0.4) is 0 Å². The van der Waals surface area contributed by atoms with Gasteiger partial charge in [-0.05, 0) is 48.4 Å². The van der Waals surface area contributed by atoms with E-state index in [1.807, 2.05) is 12.3 Å². The van der Waals surface area contributed by atoms with Gasteiger partial charge in [0.05, 0.1) is 0 Å². The van der Waals surface area contributed by atoms with Gasteiger partial charge in [0.1, 0.15) is 5.65 Å². The number of H-pyrrole nitrogens is 1. The number of aryl methyl sites for hydroxylation is 1. The minimum atomic E-state index is 0.786. The smallest absolute Gasteiger partial charge is 0.137 e. The van der Waals surface area contributed by atoms with Crippen molar-refractivity contribution in [1.82, 2.24) is 9.97 Å². The minimum absolute atomic E-state index is 0.786. The molecule has 3 aromatic rings. The maximum absolute atomic E-state index is 4.32. The number of rotatable bonds is 4. The third-order valence-electron chi connectivity index (χ3n) is 3.73. The van der Waals surface area contributed by atoms with Crippen LogP contribution in [0, 0.1) is 6.92 Å². The van der Waals surface area contributed by atoms with E-state index in [1.165, 1.54) is 27.9 Å². The fourth-order valence-electron chi connectivity index (χ4n) is 2.47. The first-order valence-electron chi connectivity index (χ1n) is 7.08. The third-order valence-corrected chi connectivity index (χ3v) is 3.73. The van der Waals surface area contributed by atoms with E-state index in [2.05, 4.69) is 65.5 Å². The number of anilines is 2. The second-order valence-electron chi connectivity index (χ2n) is 5.46. The van der Waals surface area contributed by atoms with E-state index in [0.717, 1.165) is 12.2 Å². The zero-order valence-corrected chi connectivity index (χ0v) is 12.6. The lowest BCUT2D eigenvalue weighted by Crippen LogP contribution is -2.09. The van der Waals surface area contributed by atoms with Crippen LogP contribution in [0.25, 0.3) is 11.0 Å². The second kappa shape index (κ2) is 5.48. The standard InChI is InChI=1S/C17H20N4/c1-12-9-14(21(2)3)6-7-16(12)19-10-13-11-20-17-15(13)5-4-8-18-17/h4-9,11,19H,10H2,1-3H3,(H,18,20). The number of aromatic amines is 1. The Morgan fingerprint density at radius 2 is 2.10 bits per heavy atom. The van der Waals surface area contributed by atoms with Crippen molar-refractivity contribution in [2.75, 3.05) is 24.3 Å². The van der Waals surface area contributed by atoms with E-state index in [0.29, 0.717) is 0 Å². The summed E-state index contributed by atoms with van der Waals surface area (Å²) < 4.78 is 0. The maximum atomic E-state index is 4.32. The molecule has 0 aliphatic heterocycles. The highest BCUT2D eigenvalue weighted by molar-refractivity contribution is 5.79. The van der Waals surface area contributed by atoms with Gasteiger partial charge in [0.25, 0.3) is 0 Å². The summed E-state index contributed by atoms with van der Waals surface area (Å²) in [6.45, 7) is 2.92. The Morgan fingerprint density at radius 3 is 2.86 bits per heavy atom. The van der Waals surface area contributed by atoms with Crippen LogP contribution >= 0.6 is 0 Å². The Labute approximate surface area is 124 Å². The molecule has 2 N–H and O–H groups in total. The molecule has 0 amide bonds. The summed E-state index contributed by atoms with van der Waals surface area (Å²) in [6.07, 6.45) is 3.83. The Morgan fingerprint density at radius 1 is 1.24 bits per heavy atom. The van der Waals surface area contributed by atoms with Crippen LogP contribution in [0.5, 0.6) is 0 Å². The minimum Gasteiger partial charge on any atom is -0.381 e. The number of hydrogen-bond donors (Lipinski definition) is 2. The lowest BCUT2D eigenvalue weighted by molar-refractivity contribution is 1.12. The van der Waals surface area contributed by atoms with E-state index < -0.39 is 0 Å². The van der Waals surface area contributed by atoms with Crippen LogP contribution in [0.4, 0.5) is 11.4 Å². The van der Waals surface area contributed by atoms with Crippen molar-refractivity contribution >= 4 is 22.4 Å². The first-order valence-corrected chi connectivity index (χ1v) is 7.08. The first-order chi connectivity index (χ1) is 10.1. The van der Waals surface area contributed by atoms with Crippen molar-refractivity contribution < 1.29 is 0 Å². The first kappa shape index (κ1) is 13.5. The normalized spacial score (nSPS) is 10.8. The summed E-state index contributed by atoms with van der Waals surface area (Å²) in [6, 6.07) is 10.5. The van der Waals surface area contributed by atoms with Gasteiger partial charge in [0.15, 0.2) is 0 Å². The molecule has 0 radical (unpaired) electrons. The molecule has 0 unspecified atom stereocenters. The van der Waals surface area contributed by atoms with E-state index in [4.69, 9.17) is 0 Å². The molecule has 21 heavy (non-hydrogen) atoms. The van der Waals surface area contributed by atoms with Crippen molar-refractivity contribution in [3.63, 3.8) is 0 Å². The molecule has 1 aromatic carbocycles. The molecule has 0 saturated heterocycles. The Hall–Kier alpha value is -2.49. The zero-order chi connectivity index (χ0) is 14.8. The number of pyridine rings is 1. The van der Waals surface area contributed by atoms with Crippen LogP contribution in [0.2, 0.25) is 0 Å². The van der Waals surface area contributed by atoms with Gasteiger partial charge in [-0.15, -0.1) is 0 Å². The van der Waals surface area contributed by atoms with E-state index in [-0.39, 0.29) is 0 Å². The largest absolute Gasteiger partial charge is 0.381 e. The number of hydrogen-bond acceptors (Lipinski definition) is 3. The number of nitrogens with one attached hydrogen (secondary N) is 2. The van der Waals surface area contributed by atoms with Crippen molar-refractivity contribution in [3.8, 4) is 0 Å². The van der Waals surface area contributed by atoms with Gasteiger partial charge in [-0.25, -0.2) is 4.98 Å². The molecule has 0 atom stereocenters. The predicted octanol–water partition coefficient (Wildman–Crippen LogP) is 3.55. The van der Waals surface area contributed by atoms with Crippen molar-refractivity contribution in [2.24, 2.45) is 0 Å². The number of aromatic nitrogens is 2. The summed E-state index contributed by atoms with van der Waals surface area (Å²) >= 11 is 0. The van der Waals surface area contributed by atoms with Crippen LogP contribution in [-0.4, -0.2) is 24.1 Å². The van der Waals surface area contributed by atoms with Crippen LogP contribution in [0.1, 0.15) is 11.1 Å². The average molecular weight is 280 g/mol. The lowest BCUT2D eigenvalue weighted by atomic mass is 10.1. The molecule has 0 fully saturated rings. The molecule has 0 saturated carbocycles. The Bertz CT molecular complexity index is 758. The predicted molar refractivity (Wildman–Crippen MR) is 88.9 cm³/mol. The Kier molecular flexibility index (Phi) is 3.52. The monoisotopic (exact) mass is 280 g/mol. The van der Waals surface area contributed by atoms with Gasteiger partial charge >= 0.3 is 0 Å². The molecule has 0 aliphatic carbocycles. The molecule has 108 valence electrons. The fourth-order valence-corrected chi connectivity index (χ4v) is 2.47. The molecule has 4 heteroatoms. The van der Waals surface area contributed by atoms with E-state index >= 15 is 0 Å². The second-order valence-corrected chi connectivity index (χ2v) is 5.46. The van der Waals surface area contributed by atoms with E-state index in [1.54, 1.807) is 6.20 Å². The van der Waals surface area contributed by atoms with Crippen LogP contribution in [0.15, 0.2) is 42.7 Å². The van der Waals surface area contributed by atoms with Gasteiger partial charge in [-0.2, -0.15) is 0 Å². The number of fused-ring (bicyclic) bond motifs is 1. The van der Waals surface area contributed by atoms with Gasteiger partial charge in [-0.3, -0.25) is 0 Å². The van der Waals surface area contributed by atoms with Gasteiger partial charge in [0, 0.05) is 49.8 Å².